The number of imidazole rings is 1. The molecule has 0 aliphatic heterocycles. The molecule has 0 saturated carbocycles. The first-order chi connectivity index (χ1) is 13.9. The number of benzene rings is 1. The number of halogens is 1. The average Bonchev–Trinajstić information content (AvgIpc) is 3.05. The van der Waals surface area contributed by atoms with Crippen LogP contribution >= 0.6 is 0 Å². The van der Waals surface area contributed by atoms with Gasteiger partial charge in [0.2, 0.25) is 0 Å². The van der Waals surface area contributed by atoms with Gasteiger partial charge in [-0.3, -0.25) is 5.32 Å². The summed E-state index contributed by atoms with van der Waals surface area (Å²) in [6, 6.07) is 9.84. The third kappa shape index (κ3) is 3.36. The summed E-state index contributed by atoms with van der Waals surface area (Å²) in [7, 11) is 0. The monoisotopic (exact) mass is 394 g/mol. The smallest absolute Gasteiger partial charge is 0.409 e. The summed E-state index contributed by atoms with van der Waals surface area (Å²) in [5.74, 6) is -0.0721. The average molecular weight is 394 g/mol. The number of nitrogens with one attached hydrogen (secondary N) is 1. The first kappa shape index (κ1) is 18.1. The Hall–Kier alpha value is -4.28. The number of hydrogen-bond donors (Lipinski definition) is 4. The maximum Gasteiger partial charge on any atom is 0.409 e. The molecular formula is C18H15FN8O2. The summed E-state index contributed by atoms with van der Waals surface area (Å²) in [6.45, 7) is 0. The molecule has 0 unspecified atom stereocenters. The van der Waals surface area contributed by atoms with E-state index in [0.717, 1.165) is 0 Å². The van der Waals surface area contributed by atoms with Crippen LogP contribution in [0.2, 0.25) is 0 Å². The largest absolute Gasteiger partial charge is 0.465 e. The first-order valence-electron chi connectivity index (χ1n) is 8.43. The van der Waals surface area contributed by atoms with Gasteiger partial charge in [0.05, 0.1) is 5.52 Å². The topological polar surface area (TPSA) is 157 Å². The Morgan fingerprint density at radius 2 is 1.83 bits per heavy atom. The van der Waals surface area contributed by atoms with Crippen molar-refractivity contribution in [2.45, 2.75) is 6.42 Å². The molecule has 0 spiro atoms. The molecule has 1 aromatic carbocycles. The number of carbonyl (C=O) groups is 1. The number of rotatable bonds is 4. The number of anilines is 3. The second-order valence-corrected chi connectivity index (χ2v) is 6.09. The molecule has 0 fully saturated rings. The van der Waals surface area contributed by atoms with E-state index in [1.165, 1.54) is 6.07 Å². The van der Waals surface area contributed by atoms with Gasteiger partial charge in [0.25, 0.3) is 0 Å². The van der Waals surface area contributed by atoms with Gasteiger partial charge in [0, 0.05) is 12.6 Å². The molecular weight excluding hydrogens is 379 g/mol. The lowest BCUT2D eigenvalue weighted by atomic mass is 10.1. The number of nitrogens with two attached hydrogens (primary N) is 2. The molecule has 0 aliphatic rings. The summed E-state index contributed by atoms with van der Waals surface area (Å²) >= 11 is 0. The predicted octanol–water partition coefficient (Wildman–Crippen LogP) is 2.17. The van der Waals surface area contributed by atoms with Crippen LogP contribution in [0.1, 0.15) is 11.4 Å². The van der Waals surface area contributed by atoms with Gasteiger partial charge in [0.1, 0.15) is 23.0 Å². The van der Waals surface area contributed by atoms with Gasteiger partial charge in [-0.1, -0.05) is 18.2 Å². The van der Waals surface area contributed by atoms with Crippen LogP contribution in [0.25, 0.3) is 17.0 Å². The third-order valence-corrected chi connectivity index (χ3v) is 4.19. The van der Waals surface area contributed by atoms with Gasteiger partial charge in [-0.05, 0) is 23.8 Å². The van der Waals surface area contributed by atoms with Crippen LogP contribution in [0.4, 0.5) is 26.5 Å². The van der Waals surface area contributed by atoms with Crippen LogP contribution in [-0.2, 0) is 6.42 Å². The zero-order valence-electron chi connectivity index (χ0n) is 14.9. The van der Waals surface area contributed by atoms with Crippen molar-refractivity contribution in [1.29, 1.82) is 0 Å². The van der Waals surface area contributed by atoms with Crippen molar-refractivity contribution in [3.63, 3.8) is 0 Å². The number of nitrogen functional groups attached to an aromatic ring is 2. The van der Waals surface area contributed by atoms with E-state index in [9.17, 15) is 9.18 Å². The minimum absolute atomic E-state index is 0.0984. The lowest BCUT2D eigenvalue weighted by molar-refractivity contribution is 0.209. The highest BCUT2D eigenvalue weighted by molar-refractivity contribution is 5.92. The zero-order chi connectivity index (χ0) is 20.5. The number of amides is 1. The minimum atomic E-state index is -1.34. The van der Waals surface area contributed by atoms with E-state index in [4.69, 9.17) is 16.6 Å². The molecule has 3 heterocycles. The quantitative estimate of drug-likeness (QED) is 0.410. The highest BCUT2D eigenvalue weighted by Gasteiger charge is 2.20. The molecule has 4 rings (SSSR count). The van der Waals surface area contributed by atoms with Crippen molar-refractivity contribution in [2.75, 3.05) is 16.8 Å². The van der Waals surface area contributed by atoms with E-state index < -0.39 is 6.09 Å². The Morgan fingerprint density at radius 1 is 1.10 bits per heavy atom. The number of hydrogen-bond acceptors (Lipinski definition) is 7. The van der Waals surface area contributed by atoms with Crippen molar-refractivity contribution in [3.8, 4) is 11.5 Å². The summed E-state index contributed by atoms with van der Waals surface area (Å²) < 4.78 is 15.6. The summed E-state index contributed by atoms with van der Waals surface area (Å²) in [6.07, 6.45) is 0.421. The fourth-order valence-electron chi connectivity index (χ4n) is 2.92. The molecule has 4 aromatic rings. The number of carboxylic acid groups (broad SMARTS) is 1. The summed E-state index contributed by atoms with van der Waals surface area (Å²) in [5, 5.41) is 15.2. The third-order valence-electron chi connectivity index (χ3n) is 4.19. The van der Waals surface area contributed by atoms with Gasteiger partial charge in [0.15, 0.2) is 17.5 Å². The van der Waals surface area contributed by atoms with Crippen molar-refractivity contribution in [1.82, 2.24) is 24.6 Å². The number of nitrogens with zero attached hydrogens (tertiary/aromatic N) is 5. The van der Waals surface area contributed by atoms with Crippen LogP contribution in [0.3, 0.4) is 0 Å². The van der Waals surface area contributed by atoms with Crippen LogP contribution in [-0.4, -0.2) is 35.8 Å². The molecule has 29 heavy (non-hydrogen) atoms. The number of aromatic nitrogens is 5. The van der Waals surface area contributed by atoms with Crippen LogP contribution in [0.15, 0.2) is 42.6 Å². The summed E-state index contributed by atoms with van der Waals surface area (Å²) in [5.41, 5.74) is 12.9. The lowest BCUT2D eigenvalue weighted by Gasteiger charge is -2.08. The van der Waals surface area contributed by atoms with E-state index in [0.29, 0.717) is 22.6 Å². The maximum atomic E-state index is 14.1. The number of fused-ring (bicyclic) bond motifs is 1. The van der Waals surface area contributed by atoms with E-state index in [2.05, 4.69) is 25.4 Å². The van der Waals surface area contributed by atoms with Gasteiger partial charge in [-0.15, -0.1) is 0 Å². The van der Waals surface area contributed by atoms with E-state index in [1.54, 1.807) is 41.0 Å². The molecule has 0 aliphatic carbocycles. The molecule has 0 saturated heterocycles. The standard InChI is InChI=1S/C18H15FN8O2/c19-10-5-2-1-4-9(10)8-12-23-13(11-6-3-7-22-27(11)12)17-25-15(20)14(16(21)26-17)24-18(28)29/h1-7,24H,8H2,(H,28,29)(H4,20,21,25,26). The van der Waals surface area contributed by atoms with Crippen molar-refractivity contribution in [3.05, 3.63) is 59.8 Å². The highest BCUT2D eigenvalue weighted by atomic mass is 19.1. The van der Waals surface area contributed by atoms with Crippen LogP contribution in [0, 0.1) is 5.82 Å². The van der Waals surface area contributed by atoms with Crippen molar-refractivity contribution < 1.29 is 14.3 Å². The molecule has 1 amide bonds. The maximum absolute atomic E-state index is 14.1. The fourth-order valence-corrected chi connectivity index (χ4v) is 2.92. The second-order valence-electron chi connectivity index (χ2n) is 6.09. The fraction of sp³-hybridized carbons (Fsp3) is 0.0556. The molecule has 0 atom stereocenters. The Kier molecular flexibility index (Phi) is 4.39. The Balaban J connectivity index is 1.83. The predicted molar refractivity (Wildman–Crippen MR) is 104 cm³/mol. The van der Waals surface area contributed by atoms with Gasteiger partial charge in [-0.25, -0.2) is 28.7 Å². The molecule has 3 aromatic heterocycles. The lowest BCUT2D eigenvalue weighted by Crippen LogP contribution is -2.14. The Labute approximate surface area is 163 Å². The van der Waals surface area contributed by atoms with Crippen LogP contribution < -0.4 is 16.8 Å². The van der Waals surface area contributed by atoms with Crippen LogP contribution in [0.5, 0.6) is 0 Å². The minimum Gasteiger partial charge on any atom is -0.465 e. The molecule has 0 bridgehead atoms. The van der Waals surface area contributed by atoms with E-state index in [-0.39, 0.29) is 35.4 Å². The first-order valence-corrected chi connectivity index (χ1v) is 8.43. The molecule has 11 heteroatoms. The molecule has 146 valence electrons. The zero-order valence-corrected chi connectivity index (χ0v) is 14.9. The van der Waals surface area contributed by atoms with E-state index >= 15 is 0 Å². The Morgan fingerprint density at radius 3 is 2.52 bits per heavy atom. The second kappa shape index (κ2) is 7.03. The van der Waals surface area contributed by atoms with Gasteiger partial charge in [-0.2, -0.15) is 5.10 Å². The SMILES string of the molecule is Nc1nc(-c2nc(Cc3ccccc3F)n3ncccc23)nc(N)c1NC(=O)O. The molecule has 0 radical (unpaired) electrons. The summed E-state index contributed by atoms with van der Waals surface area (Å²) in [4.78, 5) is 23.7. The highest BCUT2D eigenvalue weighted by Crippen LogP contribution is 2.29. The molecule has 10 nitrogen and oxygen atoms in total. The normalized spacial score (nSPS) is 10.9. The molecule has 6 N–H and O–H groups in total. The van der Waals surface area contributed by atoms with Crippen molar-refractivity contribution >= 4 is 28.9 Å². The Bertz CT molecular complexity index is 1220. The van der Waals surface area contributed by atoms with E-state index in [1.807, 2.05) is 0 Å². The van der Waals surface area contributed by atoms with Gasteiger partial charge >= 0.3 is 6.09 Å². The van der Waals surface area contributed by atoms with Crippen molar-refractivity contribution in [2.24, 2.45) is 0 Å². The van der Waals surface area contributed by atoms with Gasteiger partial charge < -0.3 is 16.6 Å².